The fourth-order valence-electron chi connectivity index (χ4n) is 6.34. The highest BCUT2D eigenvalue weighted by molar-refractivity contribution is 5.95. The van der Waals surface area contributed by atoms with E-state index in [0.717, 1.165) is 31.5 Å². The molecule has 0 radical (unpaired) electrons. The van der Waals surface area contributed by atoms with Crippen molar-refractivity contribution < 1.29 is 14.6 Å². The molecule has 1 saturated carbocycles. The summed E-state index contributed by atoms with van der Waals surface area (Å²) >= 11 is 0. The molecule has 3 aliphatic rings. The van der Waals surface area contributed by atoms with Crippen LogP contribution in [0.5, 0.6) is 11.6 Å². The first-order valence-corrected chi connectivity index (χ1v) is 13.5. The van der Waals surface area contributed by atoms with E-state index in [9.17, 15) is 14.7 Å². The maximum Gasteiger partial charge on any atom is 0.276 e. The van der Waals surface area contributed by atoms with Crippen molar-refractivity contribution in [3.63, 3.8) is 0 Å². The van der Waals surface area contributed by atoms with Gasteiger partial charge < -0.3 is 24.2 Å². The molecule has 0 aromatic carbocycles. The number of ether oxygens (including phenoxy) is 1. The van der Waals surface area contributed by atoms with Gasteiger partial charge in [0.1, 0.15) is 12.0 Å². The molecule has 1 saturated heterocycles. The quantitative estimate of drug-likeness (QED) is 0.404. The summed E-state index contributed by atoms with van der Waals surface area (Å²) in [5.74, 6) is 0.120. The number of hydrogen-bond acceptors (Lipinski definition) is 10. The van der Waals surface area contributed by atoms with Crippen molar-refractivity contribution in [3.05, 3.63) is 52.0 Å². The van der Waals surface area contributed by atoms with Crippen LogP contribution < -0.4 is 15.1 Å². The summed E-state index contributed by atoms with van der Waals surface area (Å²) in [5, 5.41) is 19.8. The number of rotatable bonds is 4. The molecule has 0 spiro atoms. The minimum atomic E-state index is -0.307. The largest absolute Gasteiger partial charge is 0.504 e. The van der Waals surface area contributed by atoms with Crippen molar-refractivity contribution in [1.29, 1.82) is 0 Å². The third-order valence-corrected chi connectivity index (χ3v) is 8.57. The Balaban J connectivity index is 1.29. The molecule has 6 heterocycles. The van der Waals surface area contributed by atoms with E-state index in [-0.39, 0.29) is 40.8 Å². The van der Waals surface area contributed by atoms with E-state index in [4.69, 9.17) is 9.84 Å². The fraction of sp³-hybridized carbons (Fsp3) is 0.444. The molecule has 7 rings (SSSR count). The standard InChI is InChI=1S/C27H29N9O4/c1-14-7-9-35-22(14)23(25(38)20-26(35)32-36(31-20)16-6-8-28-19(12-16)40-3)33-10-11-34(18-5-4-17(18)33)27(39)21-24(37)15(2)29-13-30-21/h6,8,12-14,17-18,37H,4-5,7,9-11H2,1-3H3/t14-,17+,18+/m1/s1. The van der Waals surface area contributed by atoms with Gasteiger partial charge in [-0.05, 0) is 32.3 Å². The SMILES string of the molecule is COc1cc(-n2nc3c(=O)c(N4CCN(C(=O)c5ncnc(C)c5O)[C@H]5CC[C@@H]54)c4n(c3n2)CC[C@H]4C)ccn1. The van der Waals surface area contributed by atoms with Crippen LogP contribution in [0.4, 0.5) is 5.69 Å². The molecule has 1 amide bonds. The Kier molecular flexibility index (Phi) is 5.51. The van der Waals surface area contributed by atoms with Gasteiger partial charge in [-0.3, -0.25) is 9.59 Å². The monoisotopic (exact) mass is 543 g/mol. The molecule has 4 aromatic heterocycles. The second-order valence-corrected chi connectivity index (χ2v) is 10.7. The van der Waals surface area contributed by atoms with Crippen LogP contribution in [0.2, 0.25) is 0 Å². The number of aromatic hydroxyl groups is 1. The van der Waals surface area contributed by atoms with Crippen LogP contribution in [0.25, 0.3) is 16.9 Å². The van der Waals surface area contributed by atoms with Crippen LogP contribution in [-0.2, 0) is 6.54 Å². The van der Waals surface area contributed by atoms with Crippen LogP contribution in [0.1, 0.15) is 54.0 Å². The lowest BCUT2D eigenvalue weighted by Crippen LogP contribution is -2.67. The molecule has 4 aromatic rings. The fourth-order valence-corrected chi connectivity index (χ4v) is 6.34. The number of carbonyl (C=O) groups is 1. The van der Waals surface area contributed by atoms with Gasteiger partial charge >= 0.3 is 0 Å². The molecule has 2 aliphatic heterocycles. The van der Waals surface area contributed by atoms with E-state index in [1.54, 1.807) is 37.3 Å². The number of anilines is 1. The smallest absolute Gasteiger partial charge is 0.276 e. The summed E-state index contributed by atoms with van der Waals surface area (Å²) in [5.41, 5.74) is 3.43. The maximum atomic E-state index is 14.2. The molecule has 0 bridgehead atoms. The van der Waals surface area contributed by atoms with Gasteiger partial charge in [-0.15, -0.1) is 15.0 Å². The van der Waals surface area contributed by atoms with Gasteiger partial charge in [0.15, 0.2) is 22.6 Å². The second-order valence-electron chi connectivity index (χ2n) is 10.7. The van der Waals surface area contributed by atoms with Gasteiger partial charge in [0.25, 0.3) is 5.91 Å². The van der Waals surface area contributed by atoms with E-state index >= 15 is 0 Å². The van der Waals surface area contributed by atoms with Crippen molar-refractivity contribution in [3.8, 4) is 17.3 Å². The van der Waals surface area contributed by atoms with Crippen molar-refractivity contribution in [2.75, 3.05) is 25.1 Å². The molecule has 206 valence electrons. The summed E-state index contributed by atoms with van der Waals surface area (Å²) < 4.78 is 7.38. The molecule has 3 atom stereocenters. The second kappa shape index (κ2) is 9.00. The molecule has 1 aliphatic carbocycles. The zero-order valence-electron chi connectivity index (χ0n) is 22.5. The lowest BCUT2D eigenvalue weighted by Gasteiger charge is -2.54. The average Bonchev–Trinajstić information content (AvgIpc) is 3.55. The highest BCUT2D eigenvalue weighted by atomic mass is 16.5. The van der Waals surface area contributed by atoms with Crippen molar-refractivity contribution in [2.24, 2.45) is 0 Å². The first-order valence-electron chi connectivity index (χ1n) is 13.5. The summed E-state index contributed by atoms with van der Waals surface area (Å²) in [4.78, 5) is 45.2. The number of amides is 1. The highest BCUT2D eigenvalue weighted by Crippen LogP contribution is 2.42. The molecule has 1 N–H and O–H groups in total. The Morgan fingerprint density at radius 2 is 1.90 bits per heavy atom. The average molecular weight is 544 g/mol. The molecular weight excluding hydrogens is 514 g/mol. The Bertz CT molecular complexity index is 1730. The van der Waals surface area contributed by atoms with Crippen molar-refractivity contribution in [2.45, 2.75) is 57.7 Å². The zero-order chi connectivity index (χ0) is 27.7. The molecule has 2 fully saturated rings. The minimum absolute atomic E-state index is 0.00932. The Hall–Kier alpha value is -4.55. The van der Waals surface area contributed by atoms with Gasteiger partial charge in [-0.25, -0.2) is 15.0 Å². The number of hydrogen-bond donors (Lipinski definition) is 1. The minimum Gasteiger partial charge on any atom is -0.504 e. The summed E-state index contributed by atoms with van der Waals surface area (Å²) in [6.45, 7) is 5.44. The zero-order valence-corrected chi connectivity index (χ0v) is 22.5. The van der Waals surface area contributed by atoms with E-state index in [0.29, 0.717) is 47.2 Å². The van der Waals surface area contributed by atoms with Crippen LogP contribution in [-0.4, -0.2) is 82.7 Å². The lowest BCUT2D eigenvalue weighted by atomic mass is 9.81. The van der Waals surface area contributed by atoms with Gasteiger partial charge in [-0.1, -0.05) is 6.92 Å². The van der Waals surface area contributed by atoms with Crippen molar-refractivity contribution >= 4 is 22.8 Å². The summed E-state index contributed by atoms with van der Waals surface area (Å²) in [7, 11) is 1.55. The predicted octanol–water partition coefficient (Wildman–Crippen LogP) is 1.79. The van der Waals surface area contributed by atoms with Crippen LogP contribution in [0, 0.1) is 6.92 Å². The molecular formula is C27H29N9O4. The normalized spacial score (nSPS) is 21.7. The lowest BCUT2D eigenvalue weighted by molar-refractivity contribution is 0.0423. The number of piperazine rings is 1. The Labute approximate surface area is 229 Å². The molecule has 40 heavy (non-hydrogen) atoms. The third kappa shape index (κ3) is 3.49. The topological polar surface area (TPSA) is 144 Å². The van der Waals surface area contributed by atoms with E-state index < -0.39 is 0 Å². The van der Waals surface area contributed by atoms with E-state index in [1.165, 1.54) is 11.1 Å². The number of aromatic nitrogens is 7. The summed E-state index contributed by atoms with van der Waals surface area (Å²) in [6, 6.07) is 3.41. The van der Waals surface area contributed by atoms with Crippen molar-refractivity contribution in [1.82, 2.24) is 39.4 Å². The Morgan fingerprint density at radius 1 is 1.07 bits per heavy atom. The number of nitrogens with zero attached hydrogens (tertiary/aromatic N) is 9. The Morgan fingerprint density at radius 3 is 2.67 bits per heavy atom. The predicted molar refractivity (Wildman–Crippen MR) is 144 cm³/mol. The maximum absolute atomic E-state index is 14.2. The molecule has 13 heteroatoms. The summed E-state index contributed by atoms with van der Waals surface area (Å²) in [6.07, 6.45) is 5.50. The van der Waals surface area contributed by atoms with E-state index in [2.05, 4.69) is 36.4 Å². The molecule has 0 unspecified atom stereocenters. The van der Waals surface area contributed by atoms with Gasteiger partial charge in [-0.2, -0.15) is 0 Å². The van der Waals surface area contributed by atoms with Crippen LogP contribution in [0.15, 0.2) is 29.5 Å². The number of carbonyl (C=O) groups excluding carboxylic acids is 1. The number of fused-ring (bicyclic) bond motifs is 4. The van der Waals surface area contributed by atoms with Crippen LogP contribution in [0.3, 0.4) is 0 Å². The van der Waals surface area contributed by atoms with Gasteiger partial charge in [0, 0.05) is 49.6 Å². The number of pyridine rings is 2. The third-order valence-electron chi connectivity index (χ3n) is 8.57. The first kappa shape index (κ1) is 24.5. The molecule has 13 nitrogen and oxygen atoms in total. The van der Waals surface area contributed by atoms with Gasteiger partial charge in [0.05, 0.1) is 24.5 Å². The van der Waals surface area contributed by atoms with Crippen LogP contribution >= 0.6 is 0 Å². The van der Waals surface area contributed by atoms with Gasteiger partial charge in [0.2, 0.25) is 11.3 Å². The number of aryl methyl sites for hydroxylation is 2. The van der Waals surface area contributed by atoms with E-state index in [1.807, 2.05) is 0 Å². The highest BCUT2D eigenvalue weighted by Gasteiger charge is 2.47. The number of methoxy groups -OCH3 is 1. The first-order chi connectivity index (χ1) is 19.4.